The number of halogens is 1. The van der Waals surface area contributed by atoms with E-state index < -0.39 is 0 Å². The van der Waals surface area contributed by atoms with Crippen LogP contribution < -0.4 is 0 Å². The molecule has 2 rings (SSSR count). The fourth-order valence-corrected chi connectivity index (χ4v) is 3.53. The maximum atomic E-state index is 5.79. The van der Waals surface area contributed by atoms with Gasteiger partial charge >= 0.3 is 0 Å². The largest absolute Gasteiger partial charge is 0.378 e. The molecule has 0 aromatic carbocycles. The van der Waals surface area contributed by atoms with E-state index in [1.54, 1.807) is 0 Å². The van der Waals surface area contributed by atoms with Crippen molar-refractivity contribution in [2.24, 2.45) is 17.3 Å². The zero-order chi connectivity index (χ0) is 9.47. The van der Waals surface area contributed by atoms with Gasteiger partial charge in [-0.3, -0.25) is 0 Å². The van der Waals surface area contributed by atoms with Crippen molar-refractivity contribution in [1.29, 1.82) is 0 Å². The van der Waals surface area contributed by atoms with E-state index in [0.29, 0.717) is 17.4 Å². The first-order valence-corrected chi connectivity index (χ1v) is 6.48. The maximum Gasteiger partial charge on any atom is 0.0603 e. The number of hydrogen-bond donors (Lipinski definition) is 0. The van der Waals surface area contributed by atoms with E-state index in [0.717, 1.165) is 12.5 Å². The molecule has 76 valence electrons. The van der Waals surface area contributed by atoms with Crippen molar-refractivity contribution in [2.45, 2.75) is 39.2 Å². The van der Waals surface area contributed by atoms with E-state index in [9.17, 15) is 0 Å². The molecular weight excluding hydrogens is 228 g/mol. The lowest BCUT2D eigenvalue weighted by molar-refractivity contribution is -0.0437. The summed E-state index contributed by atoms with van der Waals surface area (Å²) in [5.74, 6) is 1.63. The summed E-state index contributed by atoms with van der Waals surface area (Å²) in [5, 5.41) is 1.19. The summed E-state index contributed by atoms with van der Waals surface area (Å²) >= 11 is 3.60. The first kappa shape index (κ1) is 9.97. The third kappa shape index (κ3) is 1.80. The summed E-state index contributed by atoms with van der Waals surface area (Å²) in [6, 6.07) is 0. The van der Waals surface area contributed by atoms with E-state index in [1.807, 2.05) is 0 Å². The second kappa shape index (κ2) is 3.54. The molecule has 3 atom stereocenters. The topological polar surface area (TPSA) is 9.23 Å². The molecule has 1 spiro atoms. The Kier molecular flexibility index (Phi) is 2.72. The van der Waals surface area contributed by atoms with Gasteiger partial charge in [0.15, 0.2) is 0 Å². The summed E-state index contributed by atoms with van der Waals surface area (Å²) in [4.78, 5) is 0. The molecule has 1 aliphatic heterocycles. The molecule has 1 heterocycles. The summed E-state index contributed by atoms with van der Waals surface area (Å²) in [6.07, 6.45) is 4.57. The molecule has 2 aliphatic rings. The van der Waals surface area contributed by atoms with Gasteiger partial charge in [0.25, 0.3) is 0 Å². The molecule has 0 aromatic rings. The molecule has 0 aromatic heterocycles. The van der Waals surface area contributed by atoms with Gasteiger partial charge in [-0.25, -0.2) is 0 Å². The van der Waals surface area contributed by atoms with Crippen LogP contribution in [0.4, 0.5) is 0 Å². The summed E-state index contributed by atoms with van der Waals surface area (Å²) in [5.41, 5.74) is 0.677. The van der Waals surface area contributed by atoms with Gasteiger partial charge in [0, 0.05) is 11.9 Å². The van der Waals surface area contributed by atoms with Crippen molar-refractivity contribution in [3.63, 3.8) is 0 Å². The Morgan fingerprint density at radius 1 is 1.46 bits per heavy atom. The van der Waals surface area contributed by atoms with Crippen molar-refractivity contribution in [1.82, 2.24) is 0 Å². The van der Waals surface area contributed by atoms with Gasteiger partial charge in [-0.1, -0.05) is 29.8 Å². The van der Waals surface area contributed by atoms with Crippen LogP contribution in [0.15, 0.2) is 0 Å². The van der Waals surface area contributed by atoms with Crippen LogP contribution in [0.3, 0.4) is 0 Å². The van der Waals surface area contributed by atoms with Gasteiger partial charge in [0.05, 0.1) is 6.10 Å². The SMILES string of the molecule is CC(C)C1CC2(CCO1)CC2CBr. The molecule has 1 aliphatic carbocycles. The summed E-state index contributed by atoms with van der Waals surface area (Å²) < 4.78 is 5.79. The molecule has 3 unspecified atom stereocenters. The fourth-order valence-electron chi connectivity index (χ4n) is 2.61. The first-order chi connectivity index (χ1) is 6.18. The Morgan fingerprint density at radius 2 is 2.23 bits per heavy atom. The molecule has 0 N–H and O–H groups in total. The Bertz CT molecular complexity index is 193. The van der Waals surface area contributed by atoms with Crippen molar-refractivity contribution in [2.75, 3.05) is 11.9 Å². The van der Waals surface area contributed by atoms with Crippen LogP contribution >= 0.6 is 15.9 Å². The number of rotatable bonds is 2. The molecular formula is C11H19BrO. The van der Waals surface area contributed by atoms with Crippen molar-refractivity contribution >= 4 is 15.9 Å². The lowest BCUT2D eigenvalue weighted by Gasteiger charge is -2.33. The normalized spacial score (nSPS) is 44.3. The number of hydrogen-bond acceptors (Lipinski definition) is 1. The minimum atomic E-state index is 0.526. The van der Waals surface area contributed by atoms with Crippen LogP contribution in [0.1, 0.15) is 33.1 Å². The van der Waals surface area contributed by atoms with Crippen LogP contribution in [0, 0.1) is 17.3 Å². The van der Waals surface area contributed by atoms with E-state index in [2.05, 4.69) is 29.8 Å². The van der Waals surface area contributed by atoms with Gasteiger partial charge in [-0.05, 0) is 36.5 Å². The number of ether oxygens (including phenoxy) is 1. The molecule has 2 fully saturated rings. The summed E-state index contributed by atoms with van der Waals surface area (Å²) in [6.45, 7) is 5.54. The third-order valence-corrected chi connectivity index (χ3v) is 4.61. The van der Waals surface area contributed by atoms with E-state index >= 15 is 0 Å². The highest BCUT2D eigenvalue weighted by atomic mass is 79.9. The predicted molar refractivity (Wildman–Crippen MR) is 58.1 cm³/mol. The zero-order valence-corrected chi connectivity index (χ0v) is 10.1. The Balaban J connectivity index is 1.94. The second-order valence-corrected chi connectivity index (χ2v) is 5.67. The van der Waals surface area contributed by atoms with Crippen LogP contribution in [-0.4, -0.2) is 18.0 Å². The average molecular weight is 247 g/mol. The molecule has 0 amide bonds. The Hall–Kier alpha value is 0.440. The second-order valence-electron chi connectivity index (χ2n) is 5.03. The molecule has 1 saturated heterocycles. The van der Waals surface area contributed by atoms with E-state index in [1.165, 1.54) is 24.6 Å². The van der Waals surface area contributed by atoms with Crippen molar-refractivity contribution < 1.29 is 4.74 Å². The van der Waals surface area contributed by atoms with Crippen LogP contribution in [0.5, 0.6) is 0 Å². The molecule has 1 nitrogen and oxygen atoms in total. The Morgan fingerprint density at radius 3 is 2.77 bits per heavy atom. The molecule has 2 heteroatoms. The molecule has 13 heavy (non-hydrogen) atoms. The maximum absolute atomic E-state index is 5.79. The van der Waals surface area contributed by atoms with E-state index in [-0.39, 0.29) is 0 Å². The zero-order valence-electron chi connectivity index (χ0n) is 8.55. The standard InChI is InChI=1S/C11H19BrO/c1-8(2)10-6-11(3-4-13-10)5-9(11)7-12/h8-10H,3-7H2,1-2H3. The quantitative estimate of drug-likeness (QED) is 0.681. The fraction of sp³-hybridized carbons (Fsp3) is 1.00. The Labute approximate surface area is 89.4 Å². The first-order valence-electron chi connectivity index (χ1n) is 5.35. The molecule has 0 radical (unpaired) electrons. The predicted octanol–water partition coefficient (Wildman–Crippen LogP) is 3.22. The summed E-state index contributed by atoms with van der Waals surface area (Å²) in [7, 11) is 0. The number of alkyl halides is 1. The van der Waals surface area contributed by atoms with Gasteiger partial charge in [-0.15, -0.1) is 0 Å². The van der Waals surface area contributed by atoms with Gasteiger partial charge in [-0.2, -0.15) is 0 Å². The minimum Gasteiger partial charge on any atom is -0.378 e. The van der Waals surface area contributed by atoms with Gasteiger partial charge < -0.3 is 4.74 Å². The van der Waals surface area contributed by atoms with Crippen molar-refractivity contribution in [3.05, 3.63) is 0 Å². The minimum absolute atomic E-state index is 0.526. The van der Waals surface area contributed by atoms with Gasteiger partial charge in [0.1, 0.15) is 0 Å². The van der Waals surface area contributed by atoms with Crippen molar-refractivity contribution in [3.8, 4) is 0 Å². The van der Waals surface area contributed by atoms with Crippen LogP contribution in [0.2, 0.25) is 0 Å². The molecule has 0 bridgehead atoms. The van der Waals surface area contributed by atoms with Crippen LogP contribution in [-0.2, 0) is 4.74 Å². The lowest BCUT2D eigenvalue weighted by atomic mass is 9.86. The highest BCUT2D eigenvalue weighted by Gasteiger charge is 2.55. The van der Waals surface area contributed by atoms with Gasteiger partial charge in [0.2, 0.25) is 0 Å². The highest BCUT2D eigenvalue weighted by molar-refractivity contribution is 9.09. The van der Waals surface area contributed by atoms with Crippen LogP contribution in [0.25, 0.3) is 0 Å². The van der Waals surface area contributed by atoms with E-state index in [4.69, 9.17) is 4.74 Å². The average Bonchev–Trinajstić information content (AvgIpc) is 2.78. The third-order valence-electron chi connectivity index (χ3n) is 3.83. The molecule has 1 saturated carbocycles. The monoisotopic (exact) mass is 246 g/mol. The lowest BCUT2D eigenvalue weighted by Crippen LogP contribution is -2.31. The smallest absolute Gasteiger partial charge is 0.0603 e. The highest BCUT2D eigenvalue weighted by Crippen LogP contribution is 2.61.